The van der Waals surface area contributed by atoms with Gasteiger partial charge in [0.15, 0.2) is 0 Å². The first-order valence-electron chi connectivity index (χ1n) is 7.99. The molecule has 116 valence electrons. The minimum absolute atomic E-state index is 0.169. The molecule has 0 saturated carbocycles. The molecule has 0 amide bonds. The molecule has 2 unspecified atom stereocenters. The van der Waals surface area contributed by atoms with E-state index in [0.717, 1.165) is 43.8 Å². The van der Waals surface area contributed by atoms with Crippen LogP contribution in [0.25, 0.3) is 0 Å². The quantitative estimate of drug-likeness (QED) is 0.926. The molecule has 2 heterocycles. The summed E-state index contributed by atoms with van der Waals surface area (Å²) in [5.41, 5.74) is 0.921. The number of hydrogen-bond acceptors (Lipinski definition) is 3. The highest BCUT2D eigenvalue weighted by Crippen LogP contribution is 2.44. The molecule has 0 aromatic heterocycles. The van der Waals surface area contributed by atoms with Crippen molar-refractivity contribution >= 4 is 0 Å². The van der Waals surface area contributed by atoms with Gasteiger partial charge in [0.2, 0.25) is 0 Å². The summed E-state index contributed by atoms with van der Waals surface area (Å²) in [7, 11) is 0. The van der Waals surface area contributed by atoms with E-state index < -0.39 is 0 Å². The Kier molecular flexibility index (Phi) is 3.93. The molecule has 1 fully saturated rings. The van der Waals surface area contributed by atoms with Crippen molar-refractivity contribution < 1.29 is 9.13 Å². The molecule has 2 aliphatic rings. The average molecular weight is 292 g/mol. The van der Waals surface area contributed by atoms with Gasteiger partial charge in [-0.25, -0.2) is 4.39 Å². The number of hydrogen-bond donors (Lipinski definition) is 1. The standard InChI is InChI=1S/C17H25FN2O/c1-4-19-15-10-17(7-8-20(11-17)12(2)3)21-16-9-13(18)5-6-14(15)16/h5-6,9,12,15,19H,4,7-8,10-11H2,1-3H3. The lowest BCUT2D eigenvalue weighted by Crippen LogP contribution is -2.47. The van der Waals surface area contributed by atoms with E-state index in [0.29, 0.717) is 6.04 Å². The van der Waals surface area contributed by atoms with Gasteiger partial charge in [0.05, 0.1) is 0 Å². The second kappa shape index (κ2) is 5.58. The molecule has 1 N–H and O–H groups in total. The Morgan fingerprint density at radius 1 is 1.48 bits per heavy atom. The molecule has 1 aromatic carbocycles. The summed E-state index contributed by atoms with van der Waals surface area (Å²) in [6.45, 7) is 9.45. The number of fused-ring (bicyclic) bond motifs is 1. The van der Waals surface area contributed by atoms with Crippen molar-refractivity contribution in [2.24, 2.45) is 0 Å². The lowest BCUT2D eigenvalue weighted by molar-refractivity contribution is 0.0353. The summed E-state index contributed by atoms with van der Waals surface area (Å²) in [4.78, 5) is 2.45. The molecule has 0 bridgehead atoms. The van der Waals surface area contributed by atoms with Crippen LogP contribution in [-0.2, 0) is 0 Å². The van der Waals surface area contributed by atoms with Crippen LogP contribution in [0.15, 0.2) is 18.2 Å². The number of benzene rings is 1. The number of halogens is 1. The minimum Gasteiger partial charge on any atom is -0.485 e. The Morgan fingerprint density at radius 2 is 2.29 bits per heavy atom. The zero-order valence-corrected chi connectivity index (χ0v) is 13.2. The predicted molar refractivity (Wildman–Crippen MR) is 82.1 cm³/mol. The average Bonchev–Trinajstić information content (AvgIpc) is 2.82. The van der Waals surface area contributed by atoms with E-state index in [2.05, 4.69) is 31.0 Å². The smallest absolute Gasteiger partial charge is 0.127 e. The molecule has 0 radical (unpaired) electrons. The molecule has 3 nitrogen and oxygen atoms in total. The molecule has 1 spiro atoms. The zero-order chi connectivity index (χ0) is 15.0. The highest BCUT2D eigenvalue weighted by Gasteiger charge is 2.46. The Balaban J connectivity index is 1.90. The van der Waals surface area contributed by atoms with E-state index in [1.807, 2.05) is 6.07 Å². The zero-order valence-electron chi connectivity index (χ0n) is 13.2. The third kappa shape index (κ3) is 2.79. The maximum absolute atomic E-state index is 13.6. The van der Waals surface area contributed by atoms with E-state index in [1.165, 1.54) is 6.07 Å². The predicted octanol–water partition coefficient (Wildman–Crippen LogP) is 3.11. The van der Waals surface area contributed by atoms with Gasteiger partial charge in [-0.15, -0.1) is 0 Å². The number of nitrogens with zero attached hydrogens (tertiary/aromatic N) is 1. The van der Waals surface area contributed by atoms with Crippen LogP contribution in [0.2, 0.25) is 0 Å². The fourth-order valence-corrected chi connectivity index (χ4v) is 3.64. The molecule has 1 aromatic rings. The van der Waals surface area contributed by atoms with Gasteiger partial charge in [-0.1, -0.05) is 13.0 Å². The monoisotopic (exact) mass is 292 g/mol. The van der Waals surface area contributed by atoms with Crippen LogP contribution in [0.4, 0.5) is 4.39 Å². The molecular weight excluding hydrogens is 267 g/mol. The number of likely N-dealkylation sites (tertiary alicyclic amines) is 1. The summed E-state index contributed by atoms with van der Waals surface area (Å²) in [5, 5.41) is 3.53. The first kappa shape index (κ1) is 14.8. The fourth-order valence-electron chi connectivity index (χ4n) is 3.64. The van der Waals surface area contributed by atoms with Crippen molar-refractivity contribution in [1.82, 2.24) is 10.2 Å². The van der Waals surface area contributed by atoms with E-state index in [9.17, 15) is 4.39 Å². The lowest BCUT2D eigenvalue weighted by atomic mass is 9.86. The topological polar surface area (TPSA) is 24.5 Å². The Bertz CT molecular complexity index is 520. The van der Waals surface area contributed by atoms with Crippen molar-refractivity contribution in [2.75, 3.05) is 19.6 Å². The van der Waals surface area contributed by atoms with Crippen LogP contribution in [0.3, 0.4) is 0 Å². The summed E-state index contributed by atoms with van der Waals surface area (Å²) < 4.78 is 19.9. The summed E-state index contributed by atoms with van der Waals surface area (Å²) in [6.07, 6.45) is 1.98. The molecule has 2 atom stereocenters. The molecule has 3 rings (SSSR count). The Morgan fingerprint density at radius 3 is 2.95 bits per heavy atom. The molecule has 1 saturated heterocycles. The van der Waals surface area contributed by atoms with Crippen molar-refractivity contribution in [2.45, 2.75) is 51.3 Å². The maximum atomic E-state index is 13.6. The van der Waals surface area contributed by atoms with E-state index in [1.54, 1.807) is 6.07 Å². The second-order valence-electron chi connectivity index (χ2n) is 6.60. The van der Waals surface area contributed by atoms with Crippen LogP contribution in [0.5, 0.6) is 5.75 Å². The van der Waals surface area contributed by atoms with Gasteiger partial charge >= 0.3 is 0 Å². The normalized spacial score (nSPS) is 28.9. The van der Waals surface area contributed by atoms with Crippen molar-refractivity contribution in [3.05, 3.63) is 29.6 Å². The van der Waals surface area contributed by atoms with E-state index >= 15 is 0 Å². The molecule has 2 aliphatic heterocycles. The number of rotatable bonds is 3. The van der Waals surface area contributed by atoms with Crippen LogP contribution < -0.4 is 10.1 Å². The second-order valence-corrected chi connectivity index (χ2v) is 6.60. The molecular formula is C17H25FN2O. The Labute approximate surface area is 126 Å². The van der Waals surface area contributed by atoms with Gasteiger partial charge in [-0.2, -0.15) is 0 Å². The SMILES string of the molecule is CCNC1CC2(CCN(C(C)C)C2)Oc2cc(F)ccc21. The summed E-state index contributed by atoms with van der Waals surface area (Å²) >= 11 is 0. The van der Waals surface area contributed by atoms with Crippen LogP contribution >= 0.6 is 0 Å². The highest BCUT2D eigenvalue weighted by molar-refractivity contribution is 5.40. The largest absolute Gasteiger partial charge is 0.485 e. The van der Waals surface area contributed by atoms with Gasteiger partial charge < -0.3 is 10.1 Å². The summed E-state index contributed by atoms with van der Waals surface area (Å²) in [6, 6.07) is 5.71. The van der Waals surface area contributed by atoms with Crippen LogP contribution in [0.1, 0.15) is 45.2 Å². The van der Waals surface area contributed by atoms with Gasteiger partial charge in [-0.05, 0) is 26.5 Å². The van der Waals surface area contributed by atoms with Crippen molar-refractivity contribution in [3.8, 4) is 5.75 Å². The molecule has 4 heteroatoms. The van der Waals surface area contributed by atoms with E-state index in [-0.39, 0.29) is 17.5 Å². The number of nitrogens with one attached hydrogen (secondary N) is 1. The fraction of sp³-hybridized carbons (Fsp3) is 0.647. The Hall–Kier alpha value is -1.13. The summed E-state index contributed by atoms with van der Waals surface area (Å²) in [5.74, 6) is 0.498. The lowest BCUT2D eigenvalue weighted by Gasteiger charge is -2.40. The van der Waals surface area contributed by atoms with Gasteiger partial charge in [0.25, 0.3) is 0 Å². The van der Waals surface area contributed by atoms with Crippen LogP contribution in [0, 0.1) is 5.82 Å². The van der Waals surface area contributed by atoms with Gasteiger partial charge in [0, 0.05) is 49.6 Å². The van der Waals surface area contributed by atoms with Crippen molar-refractivity contribution in [3.63, 3.8) is 0 Å². The van der Waals surface area contributed by atoms with Gasteiger partial charge in [-0.3, -0.25) is 4.90 Å². The first-order chi connectivity index (χ1) is 10.0. The first-order valence-corrected chi connectivity index (χ1v) is 7.99. The molecule has 0 aliphatic carbocycles. The third-order valence-corrected chi connectivity index (χ3v) is 4.78. The maximum Gasteiger partial charge on any atom is 0.127 e. The third-order valence-electron chi connectivity index (χ3n) is 4.78. The van der Waals surface area contributed by atoms with Gasteiger partial charge in [0.1, 0.15) is 17.2 Å². The van der Waals surface area contributed by atoms with Crippen molar-refractivity contribution in [1.29, 1.82) is 0 Å². The van der Waals surface area contributed by atoms with Crippen LogP contribution in [-0.4, -0.2) is 36.2 Å². The minimum atomic E-state index is -0.222. The highest BCUT2D eigenvalue weighted by atomic mass is 19.1. The van der Waals surface area contributed by atoms with E-state index in [4.69, 9.17) is 4.74 Å². The molecule has 21 heavy (non-hydrogen) atoms. The number of ether oxygens (including phenoxy) is 1.